The maximum Gasteiger partial charge on any atom is 0.251 e. The first-order valence-corrected chi connectivity index (χ1v) is 6.50. The Balaban J connectivity index is -0.000000409. The van der Waals surface area contributed by atoms with E-state index < -0.39 is 0 Å². The van der Waals surface area contributed by atoms with Crippen LogP contribution in [0, 0.1) is 13.8 Å². The van der Waals surface area contributed by atoms with Gasteiger partial charge < -0.3 is 5.32 Å². The average molecular weight is 239 g/mol. The Morgan fingerprint density at radius 2 is 1.47 bits per heavy atom. The second-order valence-corrected chi connectivity index (χ2v) is 3.24. The van der Waals surface area contributed by atoms with Crippen molar-refractivity contribution in [3.63, 3.8) is 0 Å². The molecule has 100 valence electrons. The lowest BCUT2D eigenvalue weighted by atomic mass is 10.1. The zero-order valence-electron chi connectivity index (χ0n) is 12.3. The van der Waals surface area contributed by atoms with E-state index in [1.54, 1.807) is 0 Å². The van der Waals surface area contributed by atoms with E-state index in [9.17, 15) is 4.79 Å². The lowest BCUT2D eigenvalue weighted by molar-refractivity contribution is 0.0955. The zero-order chi connectivity index (χ0) is 13.8. The van der Waals surface area contributed by atoms with Crippen molar-refractivity contribution in [1.82, 2.24) is 5.32 Å². The summed E-state index contributed by atoms with van der Waals surface area (Å²) in [4.78, 5) is 11.4. The molecule has 1 rings (SSSR count). The molecule has 0 atom stereocenters. The lowest BCUT2D eigenvalue weighted by Crippen LogP contribution is -2.22. The van der Waals surface area contributed by atoms with Gasteiger partial charge in [0.05, 0.1) is 0 Å². The summed E-state index contributed by atoms with van der Waals surface area (Å²) < 4.78 is 0. The van der Waals surface area contributed by atoms with Crippen LogP contribution in [0.25, 0.3) is 0 Å². The molecular formula is C15H29NO. The van der Waals surface area contributed by atoms with E-state index in [-0.39, 0.29) is 7.33 Å². The number of carbonyl (C=O) groups is 1. The van der Waals surface area contributed by atoms with Gasteiger partial charge in [0, 0.05) is 13.5 Å². The Bertz CT molecular complexity index is 304. The average Bonchev–Trinajstić information content (AvgIpc) is 2.33. The van der Waals surface area contributed by atoms with Crippen molar-refractivity contribution >= 4 is 5.91 Å². The molecule has 2 heteroatoms. The highest BCUT2D eigenvalue weighted by Gasteiger charge is 2.04. The molecule has 0 fully saturated rings. The summed E-state index contributed by atoms with van der Waals surface area (Å²) in [5.74, 6) is 0.00861. The molecule has 0 aliphatic rings. The van der Waals surface area contributed by atoms with Gasteiger partial charge in [0.1, 0.15) is 0 Å². The molecule has 1 amide bonds. The lowest BCUT2D eigenvalue weighted by Gasteiger charge is -2.04. The van der Waals surface area contributed by atoms with Gasteiger partial charge in [0.2, 0.25) is 0 Å². The van der Waals surface area contributed by atoms with Gasteiger partial charge in [0.25, 0.3) is 5.91 Å². The third-order valence-electron chi connectivity index (χ3n) is 1.82. The molecule has 0 saturated heterocycles. The Labute approximate surface area is 108 Å². The fourth-order valence-electron chi connectivity index (χ4n) is 1.37. The first-order valence-electron chi connectivity index (χ1n) is 6.50. The Hall–Kier alpha value is -1.31. The SMILES string of the molecule is CC.CC.CCNC(=O)c1cc(C)cc(C)c1.[HH]. The molecule has 0 saturated carbocycles. The summed E-state index contributed by atoms with van der Waals surface area (Å²) in [5, 5.41) is 2.78. The van der Waals surface area contributed by atoms with Crippen LogP contribution >= 0.6 is 0 Å². The van der Waals surface area contributed by atoms with Gasteiger partial charge in [-0.1, -0.05) is 44.9 Å². The second kappa shape index (κ2) is 11.2. The van der Waals surface area contributed by atoms with Crippen molar-refractivity contribution in [2.24, 2.45) is 0 Å². The van der Waals surface area contributed by atoms with Crippen LogP contribution in [0.5, 0.6) is 0 Å². The predicted molar refractivity (Wildman–Crippen MR) is 78.7 cm³/mol. The number of carbonyl (C=O) groups excluding carboxylic acids is 1. The highest BCUT2D eigenvalue weighted by molar-refractivity contribution is 5.94. The first kappa shape index (κ1) is 18.1. The third-order valence-corrected chi connectivity index (χ3v) is 1.82. The van der Waals surface area contributed by atoms with Crippen LogP contribution in [0.3, 0.4) is 0 Å². The molecule has 0 spiro atoms. The summed E-state index contributed by atoms with van der Waals surface area (Å²) in [6.07, 6.45) is 0. The number of hydrogen-bond donors (Lipinski definition) is 1. The Kier molecular flexibility index (Phi) is 11.9. The van der Waals surface area contributed by atoms with Crippen molar-refractivity contribution in [3.8, 4) is 0 Å². The van der Waals surface area contributed by atoms with Crippen molar-refractivity contribution < 1.29 is 6.22 Å². The summed E-state index contributed by atoms with van der Waals surface area (Å²) in [7, 11) is 0. The fraction of sp³-hybridized carbons (Fsp3) is 0.533. The highest BCUT2D eigenvalue weighted by atomic mass is 16.1. The van der Waals surface area contributed by atoms with Gasteiger partial charge in [-0.25, -0.2) is 0 Å². The highest BCUT2D eigenvalue weighted by Crippen LogP contribution is 2.08. The predicted octanol–water partition coefficient (Wildman–Crippen LogP) is 4.35. The molecule has 1 N–H and O–H groups in total. The molecule has 0 radical (unpaired) electrons. The molecule has 0 aromatic heterocycles. The molecule has 0 heterocycles. The molecule has 0 aliphatic carbocycles. The summed E-state index contributed by atoms with van der Waals surface area (Å²) >= 11 is 0. The summed E-state index contributed by atoms with van der Waals surface area (Å²) in [6.45, 7) is 14.6. The minimum absolute atomic E-state index is 0. The van der Waals surface area contributed by atoms with Gasteiger partial charge in [-0.15, -0.1) is 0 Å². The fourth-order valence-corrected chi connectivity index (χ4v) is 1.37. The van der Waals surface area contributed by atoms with E-state index >= 15 is 0 Å². The molecule has 2 nitrogen and oxygen atoms in total. The van der Waals surface area contributed by atoms with Crippen LogP contribution in [-0.2, 0) is 0 Å². The number of benzene rings is 1. The molecule has 0 bridgehead atoms. The zero-order valence-corrected chi connectivity index (χ0v) is 12.3. The Morgan fingerprint density at radius 3 is 1.82 bits per heavy atom. The molecule has 17 heavy (non-hydrogen) atoms. The third kappa shape index (κ3) is 7.56. The minimum atomic E-state index is 0. The van der Waals surface area contributed by atoms with Crippen molar-refractivity contribution in [2.45, 2.75) is 48.5 Å². The van der Waals surface area contributed by atoms with E-state index in [2.05, 4.69) is 11.4 Å². The largest absolute Gasteiger partial charge is 0.352 e. The van der Waals surface area contributed by atoms with Gasteiger partial charge in [-0.05, 0) is 32.9 Å². The molecule has 1 aromatic carbocycles. The number of aryl methyl sites for hydroxylation is 2. The topological polar surface area (TPSA) is 29.1 Å². The molecule has 0 aliphatic heterocycles. The number of rotatable bonds is 2. The molecule has 0 unspecified atom stereocenters. The maximum absolute atomic E-state index is 11.4. The van der Waals surface area contributed by atoms with E-state index in [0.717, 1.165) is 16.7 Å². The second-order valence-electron chi connectivity index (χ2n) is 3.24. The van der Waals surface area contributed by atoms with Crippen molar-refractivity contribution in [2.75, 3.05) is 6.54 Å². The van der Waals surface area contributed by atoms with Gasteiger partial charge >= 0.3 is 0 Å². The van der Waals surface area contributed by atoms with Gasteiger partial charge in [0.15, 0.2) is 0 Å². The molecular weight excluding hydrogens is 210 g/mol. The van der Waals surface area contributed by atoms with Crippen LogP contribution < -0.4 is 5.32 Å². The van der Waals surface area contributed by atoms with Crippen LogP contribution in [0.1, 0.15) is 57.5 Å². The quantitative estimate of drug-likeness (QED) is 0.816. The molecule has 1 aromatic rings. The minimum Gasteiger partial charge on any atom is -0.352 e. The number of hydrogen-bond acceptors (Lipinski definition) is 1. The standard InChI is InChI=1S/C11H15NO.2C2H6.H2/c1-4-12-11(13)10-6-8(2)5-9(3)7-10;2*1-2;/h5-7H,4H2,1-3H3,(H,12,13);2*1-2H3;1H. The van der Waals surface area contributed by atoms with Crippen LogP contribution in [0.2, 0.25) is 0 Å². The van der Waals surface area contributed by atoms with E-state index in [0.29, 0.717) is 6.54 Å². The number of nitrogens with one attached hydrogen (secondary N) is 1. The van der Waals surface area contributed by atoms with Gasteiger partial charge in [-0.3, -0.25) is 4.79 Å². The van der Waals surface area contributed by atoms with E-state index in [1.807, 2.05) is 60.6 Å². The van der Waals surface area contributed by atoms with Crippen LogP contribution in [-0.4, -0.2) is 12.5 Å². The smallest absolute Gasteiger partial charge is 0.251 e. The maximum atomic E-state index is 11.4. The first-order chi connectivity index (χ1) is 8.13. The van der Waals surface area contributed by atoms with Crippen molar-refractivity contribution in [3.05, 3.63) is 34.9 Å². The van der Waals surface area contributed by atoms with E-state index in [4.69, 9.17) is 0 Å². The van der Waals surface area contributed by atoms with Crippen molar-refractivity contribution in [1.29, 1.82) is 0 Å². The van der Waals surface area contributed by atoms with Gasteiger partial charge in [-0.2, -0.15) is 0 Å². The summed E-state index contributed by atoms with van der Waals surface area (Å²) in [6, 6.07) is 5.86. The number of amides is 1. The van der Waals surface area contributed by atoms with E-state index in [1.165, 1.54) is 0 Å². The van der Waals surface area contributed by atoms with Crippen LogP contribution in [0.4, 0.5) is 0 Å². The monoisotopic (exact) mass is 239 g/mol. The summed E-state index contributed by atoms with van der Waals surface area (Å²) in [5.41, 5.74) is 3.00. The Morgan fingerprint density at radius 1 is 1.06 bits per heavy atom. The van der Waals surface area contributed by atoms with Crippen LogP contribution in [0.15, 0.2) is 18.2 Å². The normalized spacial score (nSPS) is 8.18.